The number of pyridine rings is 1. The molecule has 0 unspecified atom stereocenters. The first kappa shape index (κ1) is 13.5. The fourth-order valence-electron chi connectivity index (χ4n) is 1.76. The summed E-state index contributed by atoms with van der Waals surface area (Å²) in [5, 5.41) is 9.03. The topological polar surface area (TPSA) is 43.2 Å². The molecule has 0 bridgehead atoms. The maximum absolute atomic E-state index is 9.03. The van der Waals surface area contributed by atoms with Gasteiger partial charge in [-0.3, -0.25) is 0 Å². The Morgan fingerprint density at radius 1 is 1.35 bits per heavy atom. The first-order valence-corrected chi connectivity index (χ1v) is 5.93. The summed E-state index contributed by atoms with van der Waals surface area (Å²) in [6.45, 7) is 5.01. The van der Waals surface area contributed by atoms with Gasteiger partial charge in [0.05, 0.1) is 5.69 Å². The molecular formula is C13H20N4. The Kier molecular flexibility index (Phi) is 5.44. The molecule has 0 aromatic carbocycles. The standard InChI is InChI=1S/C13H20N4/c1-4-17(10-6-9-16(2)3)13-7-5-8-15-12(13)11-14/h5,7-8H,4,6,9-10H2,1-3H3. The Balaban J connectivity index is 2.70. The summed E-state index contributed by atoms with van der Waals surface area (Å²) >= 11 is 0. The quantitative estimate of drug-likeness (QED) is 0.749. The maximum Gasteiger partial charge on any atom is 0.163 e. The van der Waals surface area contributed by atoms with E-state index in [0.717, 1.165) is 31.7 Å². The molecule has 0 aliphatic heterocycles. The van der Waals surface area contributed by atoms with Crippen LogP contribution in [0.1, 0.15) is 19.0 Å². The van der Waals surface area contributed by atoms with Crippen LogP contribution in [-0.2, 0) is 0 Å². The minimum absolute atomic E-state index is 0.513. The predicted octanol–water partition coefficient (Wildman–Crippen LogP) is 1.73. The van der Waals surface area contributed by atoms with Crippen LogP contribution < -0.4 is 4.90 Å². The van der Waals surface area contributed by atoms with Gasteiger partial charge in [0.1, 0.15) is 6.07 Å². The van der Waals surface area contributed by atoms with Crippen LogP contribution in [0.25, 0.3) is 0 Å². The summed E-state index contributed by atoms with van der Waals surface area (Å²) in [5.41, 5.74) is 1.45. The number of nitrogens with zero attached hydrogens (tertiary/aromatic N) is 4. The van der Waals surface area contributed by atoms with E-state index >= 15 is 0 Å². The second-order valence-corrected chi connectivity index (χ2v) is 4.22. The van der Waals surface area contributed by atoms with Crippen LogP contribution in [0.4, 0.5) is 5.69 Å². The molecule has 1 heterocycles. The number of aromatic nitrogens is 1. The Labute approximate surface area is 103 Å². The molecule has 4 nitrogen and oxygen atoms in total. The third-order valence-corrected chi connectivity index (χ3v) is 2.65. The van der Waals surface area contributed by atoms with E-state index in [2.05, 4.69) is 41.9 Å². The van der Waals surface area contributed by atoms with Crippen LogP contribution in [0.2, 0.25) is 0 Å². The van der Waals surface area contributed by atoms with Crippen molar-refractivity contribution in [1.29, 1.82) is 5.26 Å². The highest BCUT2D eigenvalue weighted by atomic mass is 15.1. The average Bonchev–Trinajstić information content (AvgIpc) is 2.34. The molecular weight excluding hydrogens is 212 g/mol. The highest BCUT2D eigenvalue weighted by Crippen LogP contribution is 2.17. The van der Waals surface area contributed by atoms with Gasteiger partial charge in [-0.05, 0) is 46.1 Å². The number of hydrogen-bond acceptors (Lipinski definition) is 4. The zero-order valence-electron chi connectivity index (χ0n) is 10.8. The van der Waals surface area contributed by atoms with Gasteiger partial charge in [-0.1, -0.05) is 0 Å². The Bertz CT molecular complexity index is 381. The Morgan fingerprint density at radius 2 is 2.12 bits per heavy atom. The van der Waals surface area contributed by atoms with E-state index < -0.39 is 0 Å². The third-order valence-electron chi connectivity index (χ3n) is 2.65. The summed E-state index contributed by atoms with van der Waals surface area (Å²) in [5.74, 6) is 0. The molecule has 4 heteroatoms. The van der Waals surface area contributed by atoms with E-state index in [0.29, 0.717) is 5.69 Å². The fourth-order valence-corrected chi connectivity index (χ4v) is 1.76. The minimum atomic E-state index is 0.513. The highest BCUT2D eigenvalue weighted by Gasteiger charge is 2.09. The van der Waals surface area contributed by atoms with Gasteiger partial charge in [0.2, 0.25) is 0 Å². The predicted molar refractivity (Wildman–Crippen MR) is 70.0 cm³/mol. The lowest BCUT2D eigenvalue weighted by atomic mass is 10.2. The zero-order chi connectivity index (χ0) is 12.7. The maximum atomic E-state index is 9.03. The van der Waals surface area contributed by atoms with Crippen LogP contribution in [0.5, 0.6) is 0 Å². The van der Waals surface area contributed by atoms with Gasteiger partial charge >= 0.3 is 0 Å². The molecule has 17 heavy (non-hydrogen) atoms. The van der Waals surface area contributed by atoms with Crippen LogP contribution in [-0.4, -0.2) is 43.6 Å². The van der Waals surface area contributed by atoms with Gasteiger partial charge in [0.15, 0.2) is 5.69 Å². The average molecular weight is 232 g/mol. The van der Waals surface area contributed by atoms with Crippen molar-refractivity contribution in [1.82, 2.24) is 9.88 Å². The zero-order valence-corrected chi connectivity index (χ0v) is 10.8. The lowest BCUT2D eigenvalue weighted by Crippen LogP contribution is -2.27. The SMILES string of the molecule is CCN(CCCN(C)C)c1cccnc1C#N. The molecule has 1 aromatic rings. The molecule has 0 fully saturated rings. The van der Waals surface area contributed by atoms with Crippen LogP contribution in [0, 0.1) is 11.3 Å². The number of hydrogen-bond donors (Lipinski definition) is 0. The van der Waals surface area contributed by atoms with E-state index in [1.807, 2.05) is 12.1 Å². The molecule has 0 amide bonds. The van der Waals surface area contributed by atoms with Crippen molar-refractivity contribution >= 4 is 5.69 Å². The fraction of sp³-hybridized carbons (Fsp3) is 0.538. The van der Waals surface area contributed by atoms with Crippen LogP contribution >= 0.6 is 0 Å². The summed E-state index contributed by atoms with van der Waals surface area (Å²) in [6.07, 6.45) is 2.75. The van der Waals surface area contributed by atoms with E-state index in [4.69, 9.17) is 5.26 Å². The minimum Gasteiger partial charge on any atom is -0.369 e. The molecule has 0 N–H and O–H groups in total. The lowest BCUT2D eigenvalue weighted by Gasteiger charge is -2.24. The van der Waals surface area contributed by atoms with Gasteiger partial charge in [0.25, 0.3) is 0 Å². The molecule has 0 radical (unpaired) electrons. The number of nitriles is 1. The van der Waals surface area contributed by atoms with Crippen molar-refractivity contribution in [3.05, 3.63) is 24.0 Å². The first-order valence-electron chi connectivity index (χ1n) is 5.93. The molecule has 1 rings (SSSR count). The summed E-state index contributed by atoms with van der Waals surface area (Å²) in [7, 11) is 4.14. The smallest absolute Gasteiger partial charge is 0.163 e. The van der Waals surface area contributed by atoms with E-state index in [-0.39, 0.29) is 0 Å². The highest BCUT2D eigenvalue weighted by molar-refractivity contribution is 5.55. The molecule has 0 spiro atoms. The Morgan fingerprint density at radius 3 is 2.71 bits per heavy atom. The number of anilines is 1. The molecule has 0 atom stereocenters. The van der Waals surface area contributed by atoms with E-state index in [1.54, 1.807) is 6.20 Å². The van der Waals surface area contributed by atoms with Gasteiger partial charge in [-0.25, -0.2) is 4.98 Å². The van der Waals surface area contributed by atoms with E-state index in [1.165, 1.54) is 0 Å². The molecule has 92 valence electrons. The summed E-state index contributed by atoms with van der Waals surface area (Å²) in [6, 6.07) is 5.99. The number of rotatable bonds is 6. The van der Waals surface area contributed by atoms with Crippen molar-refractivity contribution in [2.24, 2.45) is 0 Å². The summed E-state index contributed by atoms with van der Waals surface area (Å²) < 4.78 is 0. The van der Waals surface area contributed by atoms with Gasteiger partial charge < -0.3 is 9.80 Å². The van der Waals surface area contributed by atoms with Gasteiger partial charge in [-0.15, -0.1) is 0 Å². The first-order chi connectivity index (χ1) is 8.19. The largest absolute Gasteiger partial charge is 0.369 e. The normalized spacial score (nSPS) is 10.3. The van der Waals surface area contributed by atoms with E-state index in [9.17, 15) is 0 Å². The third kappa shape index (κ3) is 4.04. The molecule has 0 aliphatic carbocycles. The molecule has 1 aromatic heterocycles. The molecule has 0 saturated carbocycles. The van der Waals surface area contributed by atoms with Crippen molar-refractivity contribution < 1.29 is 0 Å². The van der Waals surface area contributed by atoms with Crippen LogP contribution in [0.15, 0.2) is 18.3 Å². The second kappa shape index (κ2) is 6.87. The molecule has 0 aliphatic rings. The van der Waals surface area contributed by atoms with Gasteiger partial charge in [0, 0.05) is 19.3 Å². The second-order valence-electron chi connectivity index (χ2n) is 4.22. The molecule has 0 saturated heterocycles. The van der Waals surface area contributed by atoms with Crippen molar-refractivity contribution in [2.75, 3.05) is 38.6 Å². The van der Waals surface area contributed by atoms with Crippen LogP contribution in [0.3, 0.4) is 0 Å². The Hall–Kier alpha value is -1.60. The lowest BCUT2D eigenvalue weighted by molar-refractivity contribution is 0.400. The van der Waals surface area contributed by atoms with Crippen molar-refractivity contribution in [3.8, 4) is 6.07 Å². The van der Waals surface area contributed by atoms with Crippen molar-refractivity contribution in [3.63, 3.8) is 0 Å². The summed E-state index contributed by atoms with van der Waals surface area (Å²) in [4.78, 5) is 8.47. The van der Waals surface area contributed by atoms with Gasteiger partial charge in [-0.2, -0.15) is 5.26 Å². The van der Waals surface area contributed by atoms with Crippen molar-refractivity contribution in [2.45, 2.75) is 13.3 Å². The monoisotopic (exact) mass is 232 g/mol.